The SMILES string of the molecule is NC1[C@@H]2CC[C@H]1CN(C(=O)CN1CCCCCCC1)C2. The van der Waals surface area contributed by atoms with Crippen molar-refractivity contribution >= 4 is 5.91 Å². The van der Waals surface area contributed by atoms with Gasteiger partial charge in [0.05, 0.1) is 6.54 Å². The van der Waals surface area contributed by atoms with Crippen molar-refractivity contribution in [3.63, 3.8) is 0 Å². The van der Waals surface area contributed by atoms with Crippen LogP contribution in [-0.4, -0.2) is 54.5 Å². The first-order valence-electron chi connectivity index (χ1n) is 8.50. The van der Waals surface area contributed by atoms with Crippen molar-refractivity contribution in [1.82, 2.24) is 9.80 Å². The van der Waals surface area contributed by atoms with Gasteiger partial charge in [-0.1, -0.05) is 19.3 Å². The lowest BCUT2D eigenvalue weighted by molar-refractivity contribution is -0.134. The van der Waals surface area contributed by atoms with Gasteiger partial charge in [-0.15, -0.1) is 0 Å². The monoisotopic (exact) mass is 279 g/mol. The zero-order valence-corrected chi connectivity index (χ0v) is 12.6. The van der Waals surface area contributed by atoms with Gasteiger partial charge in [0.25, 0.3) is 0 Å². The van der Waals surface area contributed by atoms with Crippen molar-refractivity contribution in [1.29, 1.82) is 0 Å². The summed E-state index contributed by atoms with van der Waals surface area (Å²) in [7, 11) is 0. The third-order valence-corrected chi connectivity index (χ3v) is 5.57. The van der Waals surface area contributed by atoms with Crippen molar-refractivity contribution in [2.24, 2.45) is 17.6 Å². The van der Waals surface area contributed by atoms with Crippen LogP contribution >= 0.6 is 0 Å². The number of hydrogen-bond acceptors (Lipinski definition) is 3. The van der Waals surface area contributed by atoms with Gasteiger partial charge in [0.1, 0.15) is 0 Å². The molecule has 2 N–H and O–H groups in total. The van der Waals surface area contributed by atoms with E-state index in [1.807, 2.05) is 0 Å². The number of amides is 1. The van der Waals surface area contributed by atoms with Crippen molar-refractivity contribution in [2.75, 3.05) is 32.7 Å². The molecule has 4 heteroatoms. The van der Waals surface area contributed by atoms with E-state index in [1.165, 1.54) is 44.9 Å². The second-order valence-electron chi connectivity index (χ2n) is 7.02. The molecule has 3 rings (SSSR count). The molecule has 2 aliphatic heterocycles. The lowest BCUT2D eigenvalue weighted by Gasteiger charge is -2.37. The molecule has 1 unspecified atom stereocenters. The van der Waals surface area contributed by atoms with Gasteiger partial charge < -0.3 is 10.6 Å². The van der Waals surface area contributed by atoms with E-state index < -0.39 is 0 Å². The van der Waals surface area contributed by atoms with Crippen LogP contribution in [0.15, 0.2) is 0 Å². The summed E-state index contributed by atoms with van der Waals surface area (Å²) in [6.45, 7) is 4.65. The minimum Gasteiger partial charge on any atom is -0.341 e. The first-order chi connectivity index (χ1) is 9.74. The molecule has 3 aliphatic rings. The van der Waals surface area contributed by atoms with Gasteiger partial charge in [-0.25, -0.2) is 0 Å². The van der Waals surface area contributed by atoms with Crippen LogP contribution in [0.1, 0.15) is 44.9 Å². The Balaban J connectivity index is 1.51. The minimum absolute atomic E-state index is 0.342. The summed E-state index contributed by atoms with van der Waals surface area (Å²) in [5.74, 6) is 1.46. The summed E-state index contributed by atoms with van der Waals surface area (Å²) in [6.07, 6.45) is 8.97. The van der Waals surface area contributed by atoms with Crippen molar-refractivity contribution in [3.8, 4) is 0 Å². The Bertz CT molecular complexity index is 325. The largest absolute Gasteiger partial charge is 0.341 e. The molecule has 0 aromatic rings. The number of carbonyl (C=O) groups is 1. The van der Waals surface area contributed by atoms with Gasteiger partial charge in [-0.2, -0.15) is 0 Å². The molecule has 2 heterocycles. The van der Waals surface area contributed by atoms with E-state index in [1.54, 1.807) is 0 Å². The maximum Gasteiger partial charge on any atom is 0.236 e. The Morgan fingerprint density at radius 3 is 2.10 bits per heavy atom. The molecule has 1 amide bonds. The van der Waals surface area contributed by atoms with Crippen LogP contribution in [0, 0.1) is 11.8 Å². The first-order valence-corrected chi connectivity index (χ1v) is 8.50. The summed E-state index contributed by atoms with van der Waals surface area (Å²) in [5.41, 5.74) is 6.22. The van der Waals surface area contributed by atoms with Crippen molar-refractivity contribution in [3.05, 3.63) is 0 Å². The molecule has 0 radical (unpaired) electrons. The number of carbonyl (C=O) groups excluding carboxylic acids is 1. The number of rotatable bonds is 2. The molecule has 1 saturated carbocycles. The van der Waals surface area contributed by atoms with Crippen LogP contribution in [-0.2, 0) is 4.79 Å². The second-order valence-corrected chi connectivity index (χ2v) is 7.02. The van der Waals surface area contributed by atoms with Gasteiger partial charge in [0.2, 0.25) is 5.91 Å². The van der Waals surface area contributed by atoms with E-state index >= 15 is 0 Å². The highest BCUT2D eigenvalue weighted by molar-refractivity contribution is 5.78. The Labute approximate surface area is 122 Å². The predicted molar refractivity (Wildman–Crippen MR) is 80.3 cm³/mol. The van der Waals surface area contributed by atoms with Crippen LogP contribution in [0.2, 0.25) is 0 Å². The van der Waals surface area contributed by atoms with E-state index in [2.05, 4.69) is 9.80 Å². The molecule has 0 aromatic heterocycles. The number of hydrogen-bond donors (Lipinski definition) is 1. The third kappa shape index (κ3) is 3.17. The molecule has 0 spiro atoms. The minimum atomic E-state index is 0.342. The van der Waals surface area contributed by atoms with Crippen LogP contribution in [0.4, 0.5) is 0 Å². The number of piperidine rings is 1. The van der Waals surface area contributed by atoms with E-state index in [0.29, 0.717) is 30.3 Å². The fraction of sp³-hybridized carbons (Fsp3) is 0.938. The fourth-order valence-corrected chi connectivity index (χ4v) is 4.23. The second kappa shape index (κ2) is 6.44. The molecule has 2 bridgehead atoms. The standard InChI is InChI=1S/C16H29N3O/c17-16-13-6-7-14(16)11-19(10-13)15(20)12-18-8-4-2-1-3-5-9-18/h13-14,16H,1-12,17H2/t13-,14+,16?. The Morgan fingerprint density at radius 2 is 1.50 bits per heavy atom. The van der Waals surface area contributed by atoms with E-state index in [4.69, 9.17) is 5.73 Å². The molecule has 0 aromatic carbocycles. The van der Waals surface area contributed by atoms with Crippen LogP contribution in [0.5, 0.6) is 0 Å². The summed E-state index contributed by atoms with van der Waals surface area (Å²) in [4.78, 5) is 17.0. The molecule has 3 atom stereocenters. The molecule has 20 heavy (non-hydrogen) atoms. The summed E-state index contributed by atoms with van der Waals surface area (Å²) in [5, 5.41) is 0. The summed E-state index contributed by atoms with van der Waals surface area (Å²) >= 11 is 0. The third-order valence-electron chi connectivity index (χ3n) is 5.57. The Kier molecular flexibility index (Phi) is 4.61. The van der Waals surface area contributed by atoms with Crippen LogP contribution in [0.3, 0.4) is 0 Å². The lowest BCUT2D eigenvalue weighted by atomic mass is 9.93. The van der Waals surface area contributed by atoms with E-state index in [0.717, 1.165) is 26.2 Å². The zero-order chi connectivity index (χ0) is 13.9. The first kappa shape index (κ1) is 14.3. The molecule has 1 aliphatic carbocycles. The quantitative estimate of drug-likeness (QED) is 0.832. The number of likely N-dealkylation sites (tertiary alicyclic amines) is 2. The molecule has 114 valence electrons. The normalized spacial score (nSPS) is 35.6. The maximum absolute atomic E-state index is 12.5. The van der Waals surface area contributed by atoms with E-state index in [-0.39, 0.29) is 0 Å². The van der Waals surface area contributed by atoms with Crippen molar-refractivity contribution in [2.45, 2.75) is 51.0 Å². The predicted octanol–water partition coefficient (Wildman–Crippen LogP) is 1.45. The number of nitrogens with two attached hydrogens (primary N) is 1. The summed E-state index contributed by atoms with van der Waals surface area (Å²) < 4.78 is 0. The van der Waals surface area contributed by atoms with Gasteiger partial charge in [0, 0.05) is 19.1 Å². The highest BCUT2D eigenvalue weighted by Gasteiger charge is 2.41. The lowest BCUT2D eigenvalue weighted by Crippen LogP contribution is -2.52. The van der Waals surface area contributed by atoms with Gasteiger partial charge in [0.15, 0.2) is 0 Å². The molecular formula is C16H29N3O. The number of nitrogens with zero attached hydrogens (tertiary/aromatic N) is 2. The smallest absolute Gasteiger partial charge is 0.236 e. The van der Waals surface area contributed by atoms with E-state index in [9.17, 15) is 4.79 Å². The van der Waals surface area contributed by atoms with Crippen molar-refractivity contribution < 1.29 is 4.79 Å². The average molecular weight is 279 g/mol. The fourth-order valence-electron chi connectivity index (χ4n) is 4.23. The van der Waals surface area contributed by atoms with Gasteiger partial charge in [-0.3, -0.25) is 9.69 Å². The summed E-state index contributed by atoms with van der Waals surface area (Å²) in [6, 6.07) is 0.348. The average Bonchev–Trinajstić information content (AvgIpc) is 2.64. The Hall–Kier alpha value is -0.610. The molecule has 3 fully saturated rings. The topological polar surface area (TPSA) is 49.6 Å². The molecule has 4 nitrogen and oxygen atoms in total. The highest BCUT2D eigenvalue weighted by atomic mass is 16.2. The van der Waals surface area contributed by atoms with Gasteiger partial charge in [-0.05, 0) is 50.6 Å². The zero-order valence-electron chi connectivity index (χ0n) is 12.6. The maximum atomic E-state index is 12.5. The Morgan fingerprint density at radius 1 is 0.950 bits per heavy atom. The van der Waals surface area contributed by atoms with Crippen LogP contribution < -0.4 is 5.73 Å². The van der Waals surface area contributed by atoms with Crippen LogP contribution in [0.25, 0.3) is 0 Å². The van der Waals surface area contributed by atoms with Gasteiger partial charge >= 0.3 is 0 Å². The molecule has 2 saturated heterocycles. The molecular weight excluding hydrogens is 250 g/mol. The number of fused-ring (bicyclic) bond motifs is 2. The highest BCUT2D eigenvalue weighted by Crippen LogP contribution is 2.35.